The second-order valence-corrected chi connectivity index (χ2v) is 2.77. The number of hydrogen-bond acceptors (Lipinski definition) is 4. The highest BCUT2D eigenvalue weighted by molar-refractivity contribution is 6.84. The van der Waals surface area contributed by atoms with Crippen molar-refractivity contribution in [2.24, 2.45) is 20.2 Å². The van der Waals surface area contributed by atoms with Crippen molar-refractivity contribution in [3.8, 4) is 0 Å². The summed E-state index contributed by atoms with van der Waals surface area (Å²) in [7, 11) is 0. The summed E-state index contributed by atoms with van der Waals surface area (Å²) in [5, 5.41) is 7.64. The summed E-state index contributed by atoms with van der Waals surface area (Å²) in [6.07, 6.45) is 3.02. The first kappa shape index (κ1) is 7.97. The van der Waals surface area contributed by atoms with Crippen LogP contribution in [0.25, 0.3) is 0 Å². The van der Waals surface area contributed by atoms with E-state index in [-0.39, 0.29) is 11.6 Å². The Morgan fingerprint density at radius 2 is 2.15 bits per heavy atom. The zero-order valence-corrected chi connectivity index (χ0v) is 7.19. The molecule has 0 radical (unpaired) electrons. The van der Waals surface area contributed by atoms with E-state index in [1.807, 2.05) is 6.92 Å². The normalized spacial score (nSPS) is 19.5. The second-order valence-electron chi connectivity index (χ2n) is 2.77. The topological polar surface area (TPSA) is 66.5 Å². The van der Waals surface area contributed by atoms with Gasteiger partial charge in [-0.15, -0.1) is 5.10 Å². The number of amides is 1. The van der Waals surface area contributed by atoms with Gasteiger partial charge in [-0.25, -0.2) is 4.99 Å². The Kier molecular flexibility index (Phi) is 1.84. The lowest BCUT2D eigenvalue weighted by Crippen LogP contribution is -2.28. The van der Waals surface area contributed by atoms with Crippen LogP contribution in [0.15, 0.2) is 20.2 Å². The zero-order valence-electron chi connectivity index (χ0n) is 7.19. The molecule has 0 spiro atoms. The van der Waals surface area contributed by atoms with E-state index in [0.29, 0.717) is 5.71 Å². The number of hydrogen-bond donors (Lipinski definition) is 0. The molecule has 0 saturated carbocycles. The number of fused-ring (bicyclic) bond motifs is 1. The fourth-order valence-corrected chi connectivity index (χ4v) is 1.23. The van der Waals surface area contributed by atoms with Crippen molar-refractivity contribution in [2.75, 3.05) is 0 Å². The van der Waals surface area contributed by atoms with Crippen LogP contribution in [-0.4, -0.2) is 29.4 Å². The second kappa shape index (κ2) is 3.01. The molecule has 0 bridgehead atoms. The van der Waals surface area contributed by atoms with Gasteiger partial charge >= 0.3 is 5.91 Å². The van der Waals surface area contributed by atoms with Crippen LogP contribution in [-0.2, 0) is 4.79 Å². The first-order chi connectivity index (χ1) is 6.33. The third-order valence-electron chi connectivity index (χ3n) is 1.82. The average Bonchev–Trinajstić information content (AvgIpc) is 2.51. The molecule has 66 valence electrons. The average molecular weight is 176 g/mol. The fraction of sp³-hybridized carbons (Fsp3) is 0.375. The maximum Gasteiger partial charge on any atom is 0.301 e. The molecular weight excluding hydrogens is 168 g/mol. The highest BCUT2D eigenvalue weighted by Gasteiger charge is 2.28. The molecule has 0 atom stereocenters. The maximum absolute atomic E-state index is 11.1. The molecule has 5 heteroatoms. The summed E-state index contributed by atoms with van der Waals surface area (Å²) in [4.78, 5) is 18.6. The van der Waals surface area contributed by atoms with Gasteiger partial charge in [0.05, 0.1) is 5.71 Å². The van der Waals surface area contributed by atoms with Crippen LogP contribution in [0.5, 0.6) is 0 Å². The summed E-state index contributed by atoms with van der Waals surface area (Å²) in [5.74, 6) is -0.347. The quantitative estimate of drug-likeness (QED) is 0.607. The molecule has 0 saturated heterocycles. The lowest BCUT2D eigenvalue weighted by molar-refractivity contribution is -0.111. The molecule has 0 aliphatic carbocycles. The number of aliphatic imine (C=N–C) groups is 2. The van der Waals surface area contributed by atoms with Crippen LogP contribution in [0.2, 0.25) is 0 Å². The van der Waals surface area contributed by atoms with Crippen LogP contribution in [0.1, 0.15) is 19.8 Å². The minimum atomic E-state index is -0.347. The van der Waals surface area contributed by atoms with E-state index in [0.717, 1.165) is 18.6 Å². The number of carbonyl (C=O) groups is 1. The number of carbonyl (C=O) groups excluding carboxylic acids is 1. The number of nitrogens with zero attached hydrogens (tertiary/aromatic N) is 4. The molecule has 0 aromatic carbocycles. The van der Waals surface area contributed by atoms with E-state index in [1.54, 1.807) is 0 Å². The molecule has 5 nitrogen and oxygen atoms in total. The van der Waals surface area contributed by atoms with Crippen LogP contribution >= 0.6 is 0 Å². The minimum Gasteiger partial charge on any atom is -0.265 e. The first-order valence-corrected chi connectivity index (χ1v) is 4.13. The van der Waals surface area contributed by atoms with Crippen molar-refractivity contribution in [1.29, 1.82) is 0 Å². The number of rotatable bonds is 2. The predicted molar refractivity (Wildman–Crippen MR) is 50.7 cm³/mol. The third kappa shape index (κ3) is 1.22. The van der Waals surface area contributed by atoms with E-state index in [2.05, 4.69) is 20.2 Å². The third-order valence-corrected chi connectivity index (χ3v) is 1.82. The van der Waals surface area contributed by atoms with Crippen molar-refractivity contribution in [1.82, 2.24) is 0 Å². The molecule has 2 aliphatic heterocycles. The minimum absolute atomic E-state index is 0.283. The molecule has 0 aromatic rings. The van der Waals surface area contributed by atoms with Crippen LogP contribution < -0.4 is 0 Å². The van der Waals surface area contributed by atoms with Gasteiger partial charge in [-0.05, 0) is 6.42 Å². The Morgan fingerprint density at radius 1 is 1.31 bits per heavy atom. The summed E-state index contributed by atoms with van der Waals surface area (Å²) in [6.45, 7) is 2.04. The van der Waals surface area contributed by atoms with Gasteiger partial charge in [-0.2, -0.15) is 10.1 Å². The van der Waals surface area contributed by atoms with Crippen molar-refractivity contribution in [2.45, 2.75) is 19.8 Å². The Morgan fingerprint density at radius 3 is 2.92 bits per heavy atom. The van der Waals surface area contributed by atoms with Crippen molar-refractivity contribution in [3.63, 3.8) is 0 Å². The van der Waals surface area contributed by atoms with Crippen molar-refractivity contribution < 1.29 is 4.79 Å². The van der Waals surface area contributed by atoms with Gasteiger partial charge in [-0.3, -0.25) is 4.79 Å². The molecule has 0 unspecified atom stereocenters. The van der Waals surface area contributed by atoms with Gasteiger partial charge in [0.25, 0.3) is 0 Å². The molecule has 0 fully saturated rings. The van der Waals surface area contributed by atoms with Crippen molar-refractivity contribution in [3.05, 3.63) is 0 Å². The fourth-order valence-electron chi connectivity index (χ4n) is 1.23. The SMILES string of the molecule is CCCC1=NN=C2C(=O)N=CN=C12. The van der Waals surface area contributed by atoms with Gasteiger partial charge in [0, 0.05) is 0 Å². The molecule has 2 rings (SSSR count). The first-order valence-electron chi connectivity index (χ1n) is 4.13. The monoisotopic (exact) mass is 176 g/mol. The smallest absolute Gasteiger partial charge is 0.265 e. The highest BCUT2D eigenvalue weighted by Crippen LogP contribution is 2.09. The van der Waals surface area contributed by atoms with E-state index >= 15 is 0 Å². The highest BCUT2D eigenvalue weighted by atomic mass is 16.1. The summed E-state index contributed by atoms with van der Waals surface area (Å²) in [6, 6.07) is 0. The van der Waals surface area contributed by atoms with Crippen LogP contribution in [0.4, 0.5) is 0 Å². The zero-order chi connectivity index (χ0) is 9.26. The molecular formula is C8H8N4O. The standard InChI is InChI=1S/C8H8N4O/c1-2-3-5-6-7(12-11-5)8(13)10-4-9-6/h4H,2-3H2,1H3. The lowest BCUT2D eigenvalue weighted by atomic mass is 10.1. The molecule has 2 aliphatic rings. The van der Waals surface area contributed by atoms with Crippen LogP contribution in [0, 0.1) is 0 Å². The van der Waals surface area contributed by atoms with Crippen molar-refractivity contribution >= 4 is 29.4 Å². The lowest BCUT2D eigenvalue weighted by Gasteiger charge is -2.02. The summed E-state index contributed by atoms with van der Waals surface area (Å²) in [5.41, 5.74) is 1.67. The van der Waals surface area contributed by atoms with Crippen LogP contribution in [0.3, 0.4) is 0 Å². The van der Waals surface area contributed by atoms with Gasteiger partial charge < -0.3 is 0 Å². The Labute approximate surface area is 75.0 Å². The molecule has 1 amide bonds. The van der Waals surface area contributed by atoms with Gasteiger partial charge in [0.2, 0.25) is 0 Å². The van der Waals surface area contributed by atoms with Gasteiger partial charge in [-0.1, -0.05) is 13.3 Å². The molecule has 13 heavy (non-hydrogen) atoms. The Hall–Kier alpha value is -1.65. The van der Waals surface area contributed by atoms with Gasteiger partial charge in [0.15, 0.2) is 5.71 Å². The van der Waals surface area contributed by atoms with E-state index < -0.39 is 0 Å². The largest absolute Gasteiger partial charge is 0.301 e. The van der Waals surface area contributed by atoms with E-state index in [4.69, 9.17) is 0 Å². The van der Waals surface area contributed by atoms with E-state index in [1.165, 1.54) is 6.34 Å². The van der Waals surface area contributed by atoms with E-state index in [9.17, 15) is 4.79 Å². The van der Waals surface area contributed by atoms with Gasteiger partial charge in [0.1, 0.15) is 12.1 Å². The summed E-state index contributed by atoms with van der Waals surface area (Å²) < 4.78 is 0. The molecule has 0 aromatic heterocycles. The summed E-state index contributed by atoms with van der Waals surface area (Å²) >= 11 is 0. The maximum atomic E-state index is 11.1. The molecule has 0 N–H and O–H groups in total. The predicted octanol–water partition coefficient (Wildman–Crippen LogP) is 0.607. The molecule has 2 heterocycles. The Bertz CT molecular complexity index is 376. The Balaban J connectivity index is 2.30.